The number of benzene rings is 1. The molecule has 0 radical (unpaired) electrons. The number of halogens is 5. The molecule has 1 spiro atoms. The first kappa shape index (κ1) is 41.0. The van der Waals surface area contributed by atoms with Gasteiger partial charge >= 0.3 is 12.1 Å². The van der Waals surface area contributed by atoms with Crippen LogP contribution in [0.4, 0.5) is 39.1 Å². The van der Waals surface area contributed by atoms with Gasteiger partial charge < -0.3 is 35.6 Å². The molecule has 13 nitrogen and oxygen atoms in total. The molecule has 1 aromatic carbocycles. The summed E-state index contributed by atoms with van der Waals surface area (Å²) in [5, 5.41) is 21.8. The highest BCUT2D eigenvalue weighted by molar-refractivity contribution is 5.94. The van der Waals surface area contributed by atoms with Crippen molar-refractivity contribution in [2.24, 2.45) is 11.3 Å². The molecule has 0 bridgehead atoms. The molecule has 5 aliphatic rings. The largest absolute Gasteiger partial charge is 0.490 e. The zero-order valence-electron chi connectivity index (χ0n) is 32.4. The maximum atomic E-state index is 16.1. The molecule has 1 aliphatic carbocycles. The van der Waals surface area contributed by atoms with Crippen LogP contribution in [-0.4, -0.2) is 132 Å². The number of methoxy groups -OCH3 is 1. The minimum absolute atomic E-state index is 0.0225. The average Bonchev–Trinajstić information content (AvgIpc) is 3.81. The number of carbonyl (C=O) groups excluding carboxylic acids is 1. The molecule has 2 aromatic heterocycles. The average molecular weight is 806 g/mol. The number of rotatable bonds is 9. The SMILES string of the molecule is CNc1cc(N2CCc3c(CN4CCC5(CCN(CC6CCNCC6)CC5)C(F)(F)C4)cccc32)nn2c(C(=O)N[C@@H]3CC[C@H]3OC)cnc12.O=C(O)C(F)(F)F. The first-order valence-corrected chi connectivity index (χ1v) is 19.8. The highest BCUT2D eigenvalue weighted by atomic mass is 19.4. The molecule has 4 N–H and O–H groups in total. The maximum absolute atomic E-state index is 16.1. The molecule has 1 saturated carbocycles. The molecule has 57 heavy (non-hydrogen) atoms. The number of amides is 1. The number of hydrogen-bond acceptors (Lipinski definition) is 10. The van der Waals surface area contributed by atoms with E-state index in [4.69, 9.17) is 19.7 Å². The van der Waals surface area contributed by atoms with Gasteiger partial charge in [-0.15, -0.1) is 5.10 Å². The van der Waals surface area contributed by atoms with E-state index >= 15 is 8.78 Å². The van der Waals surface area contributed by atoms with Crippen molar-refractivity contribution in [3.05, 3.63) is 47.3 Å². The van der Waals surface area contributed by atoms with Crippen molar-refractivity contribution in [3.8, 4) is 0 Å². The number of fused-ring (bicyclic) bond motifs is 2. The third-order valence-electron chi connectivity index (χ3n) is 12.7. The number of nitrogens with zero attached hydrogens (tertiary/aromatic N) is 6. The van der Waals surface area contributed by atoms with E-state index < -0.39 is 23.5 Å². The Labute approximate surface area is 328 Å². The summed E-state index contributed by atoms with van der Waals surface area (Å²) in [6, 6.07) is 8.12. The molecule has 3 saturated heterocycles. The zero-order valence-corrected chi connectivity index (χ0v) is 32.4. The van der Waals surface area contributed by atoms with Gasteiger partial charge in [-0.1, -0.05) is 12.1 Å². The van der Waals surface area contributed by atoms with Crippen LogP contribution in [0.3, 0.4) is 0 Å². The Morgan fingerprint density at radius 3 is 2.37 bits per heavy atom. The topological polar surface area (TPSA) is 140 Å². The molecule has 8 rings (SSSR count). The minimum atomic E-state index is -5.08. The second kappa shape index (κ2) is 16.6. The summed E-state index contributed by atoms with van der Waals surface area (Å²) in [4.78, 5) is 33.3. The Hall–Kier alpha value is -4.13. The number of carboxylic acids is 1. The summed E-state index contributed by atoms with van der Waals surface area (Å²) < 4.78 is 71.0. The van der Waals surface area contributed by atoms with Crippen molar-refractivity contribution >= 4 is 34.7 Å². The van der Waals surface area contributed by atoms with Crippen molar-refractivity contribution in [1.29, 1.82) is 0 Å². The quantitative estimate of drug-likeness (QED) is 0.219. The number of likely N-dealkylation sites (tertiary alicyclic amines) is 2. The van der Waals surface area contributed by atoms with E-state index in [-0.39, 0.29) is 24.6 Å². The van der Waals surface area contributed by atoms with Crippen LogP contribution < -0.4 is 20.9 Å². The van der Waals surface area contributed by atoms with Gasteiger partial charge in [0.2, 0.25) is 0 Å². The molecule has 2 atom stereocenters. The van der Waals surface area contributed by atoms with Gasteiger partial charge in [-0.05, 0) is 107 Å². The van der Waals surface area contributed by atoms with Crippen LogP contribution in [0.5, 0.6) is 0 Å². The van der Waals surface area contributed by atoms with Crippen LogP contribution in [-0.2, 0) is 22.5 Å². The highest BCUT2D eigenvalue weighted by Gasteiger charge is 2.57. The molecule has 18 heteroatoms. The standard InChI is InChI=1S/C37H51F2N9O2.C2HF3O2/c1-40-29-20-33(44-48-31(21-42-34(29)48)35(49)43-28-6-7-32(28)50-2)47-16-10-27-26(4-3-5-30(27)47)23-46-19-13-36(37(38,39)24-46)11-17-45(18-12-36)22-25-8-14-41-15-9-25;3-2(4,5)1(6)7/h3-5,20-21,25,28,32,40-41H,6-19,22-24H2,1-2H3,(H,43,49);(H,6,7)/t28-,32-;/m1./s1. The van der Waals surface area contributed by atoms with Crippen LogP contribution in [0.2, 0.25) is 0 Å². The van der Waals surface area contributed by atoms with E-state index in [1.54, 1.807) is 17.8 Å². The lowest BCUT2D eigenvalue weighted by atomic mass is 9.68. The van der Waals surface area contributed by atoms with E-state index in [2.05, 4.69) is 42.9 Å². The Morgan fingerprint density at radius 1 is 1.04 bits per heavy atom. The second-order valence-corrected chi connectivity index (χ2v) is 16.0. The van der Waals surface area contributed by atoms with E-state index in [9.17, 15) is 18.0 Å². The fourth-order valence-electron chi connectivity index (χ4n) is 9.15. The number of hydrogen-bond donors (Lipinski definition) is 4. The number of nitrogens with one attached hydrogen (secondary N) is 3. The Morgan fingerprint density at radius 2 is 1.74 bits per heavy atom. The lowest BCUT2D eigenvalue weighted by molar-refractivity contribution is -0.192. The van der Waals surface area contributed by atoms with E-state index in [1.165, 1.54) is 18.4 Å². The molecule has 4 aliphatic heterocycles. The van der Waals surface area contributed by atoms with Gasteiger partial charge in [0.1, 0.15) is 0 Å². The van der Waals surface area contributed by atoms with Crippen molar-refractivity contribution < 1.29 is 41.4 Å². The number of carboxylic acid groups (broad SMARTS) is 1. The predicted octanol–water partition coefficient (Wildman–Crippen LogP) is 4.93. The van der Waals surface area contributed by atoms with Crippen LogP contribution >= 0.6 is 0 Å². The number of carbonyl (C=O) groups is 2. The summed E-state index contributed by atoms with van der Waals surface area (Å²) in [5.74, 6) is -4.32. The number of ether oxygens (including phenoxy) is 1. The fourth-order valence-corrected chi connectivity index (χ4v) is 9.15. The first-order chi connectivity index (χ1) is 27.2. The van der Waals surface area contributed by atoms with Crippen LogP contribution in [0.25, 0.3) is 5.65 Å². The van der Waals surface area contributed by atoms with E-state index in [0.29, 0.717) is 62.0 Å². The van der Waals surface area contributed by atoms with Gasteiger partial charge in [-0.3, -0.25) is 9.69 Å². The van der Waals surface area contributed by atoms with Crippen molar-refractivity contribution in [3.63, 3.8) is 0 Å². The van der Waals surface area contributed by atoms with E-state index in [0.717, 1.165) is 68.9 Å². The number of aliphatic carboxylic acids is 1. The summed E-state index contributed by atoms with van der Waals surface area (Å²) in [6.07, 6.45) is 3.21. The lowest BCUT2D eigenvalue weighted by Crippen LogP contribution is -2.59. The molecule has 6 heterocycles. The van der Waals surface area contributed by atoms with Crippen molar-refractivity contribution in [2.75, 3.05) is 76.7 Å². The molecule has 3 aromatic rings. The summed E-state index contributed by atoms with van der Waals surface area (Å²) >= 11 is 0. The lowest BCUT2D eigenvalue weighted by Gasteiger charge is -2.51. The van der Waals surface area contributed by atoms with E-state index in [1.807, 2.05) is 24.1 Å². The number of imidazole rings is 1. The van der Waals surface area contributed by atoms with Crippen molar-refractivity contribution in [1.82, 2.24) is 35.0 Å². The number of anilines is 3. The second-order valence-electron chi connectivity index (χ2n) is 16.0. The van der Waals surface area contributed by atoms with Crippen molar-refractivity contribution in [2.45, 2.75) is 82.2 Å². The molecule has 0 unspecified atom stereocenters. The smallest absolute Gasteiger partial charge is 0.475 e. The van der Waals surface area contributed by atoms with Gasteiger partial charge in [-0.25, -0.2) is 23.1 Å². The third kappa shape index (κ3) is 8.54. The van der Waals surface area contributed by atoms with Crippen LogP contribution in [0, 0.1) is 11.3 Å². The monoisotopic (exact) mass is 805 g/mol. The predicted molar refractivity (Wildman–Crippen MR) is 203 cm³/mol. The number of alkyl halides is 5. The van der Waals surface area contributed by atoms with Gasteiger partial charge in [-0.2, -0.15) is 13.2 Å². The zero-order chi connectivity index (χ0) is 40.5. The molecule has 4 fully saturated rings. The molecule has 312 valence electrons. The number of piperidine rings is 3. The third-order valence-corrected chi connectivity index (χ3v) is 12.7. The molecule has 1 amide bonds. The number of aromatic nitrogens is 3. The normalized spacial score (nSPS) is 23.7. The highest BCUT2D eigenvalue weighted by Crippen LogP contribution is 2.51. The van der Waals surface area contributed by atoms with Gasteiger partial charge in [0, 0.05) is 51.0 Å². The molecular weight excluding hydrogens is 753 g/mol. The summed E-state index contributed by atoms with van der Waals surface area (Å²) in [6.45, 7) is 6.50. The Balaban J connectivity index is 0.000000651. The van der Waals surface area contributed by atoms with Crippen LogP contribution in [0.1, 0.15) is 66.6 Å². The van der Waals surface area contributed by atoms with Crippen LogP contribution in [0.15, 0.2) is 30.5 Å². The first-order valence-electron chi connectivity index (χ1n) is 19.8. The van der Waals surface area contributed by atoms with Gasteiger partial charge in [0.15, 0.2) is 17.2 Å². The Bertz CT molecular complexity index is 1910. The molecular formula is C39H52F5N9O4. The summed E-state index contributed by atoms with van der Waals surface area (Å²) in [5.41, 5.74) is 4.12. The van der Waals surface area contributed by atoms with Gasteiger partial charge in [0.05, 0.1) is 30.6 Å². The maximum Gasteiger partial charge on any atom is 0.490 e. The minimum Gasteiger partial charge on any atom is -0.475 e. The fraction of sp³-hybridized carbons (Fsp3) is 0.641. The van der Waals surface area contributed by atoms with Gasteiger partial charge in [0.25, 0.3) is 11.8 Å². The Kier molecular flexibility index (Phi) is 12.0. The summed E-state index contributed by atoms with van der Waals surface area (Å²) in [7, 11) is 3.50.